The number of benzene rings is 2. The highest BCUT2D eigenvalue weighted by Crippen LogP contribution is 2.32. The standard InChI is InChI=1S/C23H19ClFN3O3S2/c24-17-3-8-20-21(14-17)32-23(27-20)28(15-16-9-11-26-12-10-16)22(29)2-1-13-33(30,31)19-6-4-18(25)5-7-19/h3-12,14H,1-2,13,15H2. The Morgan fingerprint density at radius 1 is 1.06 bits per heavy atom. The first-order valence-corrected chi connectivity index (χ1v) is 12.9. The van der Waals surface area contributed by atoms with Crippen LogP contribution in [0.15, 0.2) is 71.9 Å². The fraction of sp³-hybridized carbons (Fsp3) is 0.174. The minimum Gasteiger partial charge on any atom is -0.284 e. The van der Waals surface area contributed by atoms with E-state index in [4.69, 9.17) is 11.6 Å². The number of amides is 1. The van der Waals surface area contributed by atoms with Gasteiger partial charge in [-0.05, 0) is 66.6 Å². The third-order valence-corrected chi connectivity index (χ3v) is 8.03. The van der Waals surface area contributed by atoms with Gasteiger partial charge in [0.25, 0.3) is 0 Å². The van der Waals surface area contributed by atoms with Gasteiger partial charge in [-0.1, -0.05) is 22.9 Å². The molecule has 4 rings (SSSR count). The first-order valence-electron chi connectivity index (χ1n) is 10.1. The van der Waals surface area contributed by atoms with Gasteiger partial charge in [-0.15, -0.1) is 0 Å². The van der Waals surface area contributed by atoms with Crippen LogP contribution < -0.4 is 4.90 Å². The molecular formula is C23H19ClFN3O3S2. The molecule has 33 heavy (non-hydrogen) atoms. The topological polar surface area (TPSA) is 80.2 Å². The number of fused-ring (bicyclic) bond motifs is 1. The molecule has 4 aromatic rings. The summed E-state index contributed by atoms with van der Waals surface area (Å²) in [5.41, 5.74) is 1.60. The number of anilines is 1. The van der Waals surface area contributed by atoms with Crippen molar-refractivity contribution in [3.8, 4) is 0 Å². The highest BCUT2D eigenvalue weighted by molar-refractivity contribution is 7.91. The molecule has 2 aromatic carbocycles. The number of aromatic nitrogens is 2. The van der Waals surface area contributed by atoms with Crippen molar-refractivity contribution in [2.45, 2.75) is 24.3 Å². The second-order valence-electron chi connectivity index (χ2n) is 7.32. The number of thiazole rings is 1. The van der Waals surface area contributed by atoms with E-state index in [0.29, 0.717) is 10.2 Å². The van der Waals surface area contributed by atoms with Crippen LogP contribution in [0, 0.1) is 5.82 Å². The highest BCUT2D eigenvalue weighted by atomic mass is 35.5. The second-order valence-corrected chi connectivity index (χ2v) is 10.9. The van der Waals surface area contributed by atoms with E-state index in [2.05, 4.69) is 9.97 Å². The average molecular weight is 504 g/mol. The molecule has 1 amide bonds. The Bertz CT molecular complexity index is 1380. The summed E-state index contributed by atoms with van der Waals surface area (Å²) >= 11 is 7.43. The van der Waals surface area contributed by atoms with Crippen molar-refractivity contribution in [3.05, 3.63) is 83.4 Å². The fourth-order valence-corrected chi connectivity index (χ4v) is 5.81. The predicted octanol–water partition coefficient (Wildman–Crippen LogP) is 5.27. The smallest absolute Gasteiger partial charge is 0.229 e. The van der Waals surface area contributed by atoms with Gasteiger partial charge in [0.2, 0.25) is 5.91 Å². The van der Waals surface area contributed by atoms with Crippen LogP contribution in [0.2, 0.25) is 5.02 Å². The number of hydrogen-bond acceptors (Lipinski definition) is 6. The number of rotatable bonds is 8. The van der Waals surface area contributed by atoms with Crippen LogP contribution in [0.4, 0.5) is 9.52 Å². The molecule has 0 fully saturated rings. The van der Waals surface area contributed by atoms with Gasteiger partial charge in [-0.25, -0.2) is 17.8 Å². The van der Waals surface area contributed by atoms with Crippen LogP contribution in [0.5, 0.6) is 0 Å². The lowest BCUT2D eigenvalue weighted by molar-refractivity contribution is -0.118. The lowest BCUT2D eigenvalue weighted by Gasteiger charge is -2.20. The van der Waals surface area contributed by atoms with Crippen LogP contribution >= 0.6 is 22.9 Å². The van der Waals surface area contributed by atoms with Crippen molar-refractivity contribution in [1.82, 2.24) is 9.97 Å². The van der Waals surface area contributed by atoms with Crippen molar-refractivity contribution in [2.24, 2.45) is 0 Å². The molecule has 0 spiro atoms. The Morgan fingerprint density at radius 3 is 2.52 bits per heavy atom. The van der Waals surface area contributed by atoms with E-state index in [9.17, 15) is 17.6 Å². The van der Waals surface area contributed by atoms with Gasteiger partial charge < -0.3 is 0 Å². The molecular weight excluding hydrogens is 485 g/mol. The third-order valence-electron chi connectivity index (χ3n) is 4.94. The minimum atomic E-state index is -3.62. The third kappa shape index (κ3) is 5.73. The van der Waals surface area contributed by atoms with Gasteiger partial charge in [0.15, 0.2) is 15.0 Å². The molecule has 0 N–H and O–H groups in total. The van der Waals surface area contributed by atoms with Crippen LogP contribution in [0.3, 0.4) is 0 Å². The van der Waals surface area contributed by atoms with Crippen molar-refractivity contribution < 1.29 is 17.6 Å². The monoisotopic (exact) mass is 503 g/mol. The number of sulfone groups is 1. The molecule has 170 valence electrons. The minimum absolute atomic E-state index is 0.0161. The summed E-state index contributed by atoms with van der Waals surface area (Å²) in [5.74, 6) is -0.970. The Balaban J connectivity index is 1.52. The summed E-state index contributed by atoms with van der Waals surface area (Å²) in [4.78, 5) is 23.3. The molecule has 0 bridgehead atoms. The molecule has 6 nitrogen and oxygen atoms in total. The molecule has 0 saturated carbocycles. The zero-order valence-corrected chi connectivity index (χ0v) is 19.7. The summed E-state index contributed by atoms with van der Waals surface area (Å²) in [7, 11) is -3.62. The molecule has 0 unspecified atom stereocenters. The molecule has 2 aromatic heterocycles. The summed E-state index contributed by atoms with van der Waals surface area (Å²) in [5, 5.41) is 1.09. The van der Waals surface area contributed by atoms with Crippen LogP contribution in [0.1, 0.15) is 18.4 Å². The van der Waals surface area contributed by atoms with Gasteiger partial charge in [0.05, 0.1) is 27.4 Å². The molecule has 0 radical (unpaired) electrons. The Morgan fingerprint density at radius 2 is 1.79 bits per heavy atom. The average Bonchev–Trinajstić information content (AvgIpc) is 3.21. The van der Waals surface area contributed by atoms with Crippen LogP contribution in [-0.2, 0) is 21.2 Å². The van der Waals surface area contributed by atoms with Gasteiger partial charge in [-0.2, -0.15) is 0 Å². The van der Waals surface area contributed by atoms with Crippen molar-refractivity contribution in [3.63, 3.8) is 0 Å². The number of carbonyl (C=O) groups is 1. The Hall–Kier alpha value is -2.88. The number of carbonyl (C=O) groups excluding carboxylic acids is 1. The van der Waals surface area contributed by atoms with E-state index in [0.717, 1.165) is 27.9 Å². The van der Waals surface area contributed by atoms with Gasteiger partial charge in [0, 0.05) is 23.8 Å². The van der Waals surface area contributed by atoms with Crippen molar-refractivity contribution in [2.75, 3.05) is 10.7 Å². The van der Waals surface area contributed by atoms with E-state index in [-0.39, 0.29) is 35.9 Å². The number of hydrogen-bond donors (Lipinski definition) is 0. The van der Waals surface area contributed by atoms with E-state index < -0.39 is 15.7 Å². The quantitative estimate of drug-likeness (QED) is 0.306. The fourth-order valence-electron chi connectivity index (χ4n) is 3.24. The summed E-state index contributed by atoms with van der Waals surface area (Å²) in [6, 6.07) is 13.6. The number of nitrogens with zero attached hydrogens (tertiary/aromatic N) is 3. The summed E-state index contributed by atoms with van der Waals surface area (Å²) in [6.45, 7) is 0.277. The number of halogens is 2. The predicted molar refractivity (Wildman–Crippen MR) is 128 cm³/mol. The van der Waals surface area contributed by atoms with Crippen molar-refractivity contribution >= 4 is 54.0 Å². The molecule has 0 aliphatic heterocycles. The molecule has 10 heteroatoms. The first kappa shape index (κ1) is 23.3. The van der Waals surface area contributed by atoms with Crippen molar-refractivity contribution in [1.29, 1.82) is 0 Å². The van der Waals surface area contributed by atoms with E-state index >= 15 is 0 Å². The molecule has 2 heterocycles. The Labute approximate surface area is 199 Å². The first-order chi connectivity index (χ1) is 15.8. The van der Waals surface area contributed by atoms with E-state index in [1.54, 1.807) is 35.5 Å². The Kier molecular flexibility index (Phi) is 7.02. The SMILES string of the molecule is O=C(CCCS(=O)(=O)c1ccc(F)cc1)N(Cc1ccncc1)c1nc2ccc(Cl)cc2s1. The zero-order chi connectivity index (χ0) is 23.4. The maximum atomic E-state index is 13.2. The maximum Gasteiger partial charge on any atom is 0.229 e. The lowest BCUT2D eigenvalue weighted by atomic mass is 10.2. The van der Waals surface area contributed by atoms with Gasteiger partial charge in [-0.3, -0.25) is 14.7 Å². The van der Waals surface area contributed by atoms with E-state index in [1.165, 1.54) is 23.5 Å². The van der Waals surface area contributed by atoms with Gasteiger partial charge >= 0.3 is 0 Å². The summed E-state index contributed by atoms with van der Waals surface area (Å²) < 4.78 is 39.0. The van der Waals surface area contributed by atoms with Crippen LogP contribution in [-0.4, -0.2) is 30.0 Å². The highest BCUT2D eigenvalue weighted by Gasteiger charge is 2.22. The normalized spacial score (nSPS) is 11.6. The lowest BCUT2D eigenvalue weighted by Crippen LogP contribution is -2.30. The molecule has 0 saturated heterocycles. The zero-order valence-electron chi connectivity index (χ0n) is 17.3. The molecule has 0 aliphatic rings. The molecule has 0 aliphatic carbocycles. The van der Waals surface area contributed by atoms with Crippen LogP contribution in [0.25, 0.3) is 10.2 Å². The largest absolute Gasteiger partial charge is 0.284 e. The second kappa shape index (κ2) is 9.94. The van der Waals surface area contributed by atoms with Gasteiger partial charge in [0.1, 0.15) is 5.82 Å². The maximum absolute atomic E-state index is 13.2. The summed E-state index contributed by atoms with van der Waals surface area (Å²) in [6.07, 6.45) is 3.43. The van der Waals surface area contributed by atoms with E-state index in [1.807, 2.05) is 12.1 Å². The molecule has 0 atom stereocenters. The number of pyridine rings is 1.